The van der Waals surface area contributed by atoms with Gasteiger partial charge in [-0.2, -0.15) is 0 Å². The van der Waals surface area contributed by atoms with Crippen LogP contribution in [0.4, 0.5) is 0 Å². The molecule has 2 rings (SSSR count). The van der Waals surface area contributed by atoms with Gasteiger partial charge in [-0.3, -0.25) is 4.90 Å². The largest absolute Gasteiger partial charge is 0.361 e. The van der Waals surface area contributed by atoms with E-state index < -0.39 is 5.91 Å². The standard InChI is InChI=1S/C12H16N2O2/c1-14(2)12(15,16)7-9-8-13-11-6-4-3-5-10(9)11/h3-6,8,13,15-16H,7H2,1-2H3. The lowest BCUT2D eigenvalue weighted by Gasteiger charge is -2.28. The van der Waals surface area contributed by atoms with Crippen molar-refractivity contribution in [2.75, 3.05) is 14.1 Å². The molecule has 0 saturated carbocycles. The van der Waals surface area contributed by atoms with Gasteiger partial charge in [-0.1, -0.05) is 18.2 Å². The highest BCUT2D eigenvalue weighted by atomic mass is 16.5. The summed E-state index contributed by atoms with van der Waals surface area (Å²) in [5.74, 6) is -1.81. The zero-order valence-corrected chi connectivity index (χ0v) is 9.44. The smallest absolute Gasteiger partial charge is 0.228 e. The van der Waals surface area contributed by atoms with Crippen molar-refractivity contribution in [1.29, 1.82) is 0 Å². The molecular weight excluding hydrogens is 204 g/mol. The molecule has 0 atom stereocenters. The quantitative estimate of drug-likeness (QED) is 0.674. The molecule has 0 aliphatic carbocycles. The third-order valence-electron chi connectivity index (χ3n) is 2.82. The second-order valence-corrected chi connectivity index (χ2v) is 4.21. The third-order valence-corrected chi connectivity index (χ3v) is 2.82. The number of nitrogens with one attached hydrogen (secondary N) is 1. The fourth-order valence-corrected chi connectivity index (χ4v) is 1.69. The Morgan fingerprint density at radius 3 is 2.62 bits per heavy atom. The van der Waals surface area contributed by atoms with Crippen molar-refractivity contribution in [2.45, 2.75) is 12.3 Å². The average molecular weight is 220 g/mol. The molecule has 0 saturated heterocycles. The van der Waals surface area contributed by atoms with Crippen LogP contribution >= 0.6 is 0 Å². The summed E-state index contributed by atoms with van der Waals surface area (Å²) >= 11 is 0. The predicted octanol–water partition coefficient (Wildman–Crippen LogP) is 0.910. The van der Waals surface area contributed by atoms with Gasteiger partial charge < -0.3 is 15.2 Å². The molecule has 4 nitrogen and oxygen atoms in total. The van der Waals surface area contributed by atoms with Crippen molar-refractivity contribution in [3.63, 3.8) is 0 Å². The van der Waals surface area contributed by atoms with Crippen LogP contribution in [0, 0.1) is 0 Å². The monoisotopic (exact) mass is 220 g/mol. The molecule has 0 radical (unpaired) electrons. The lowest BCUT2D eigenvalue weighted by Crippen LogP contribution is -2.45. The highest BCUT2D eigenvalue weighted by Crippen LogP contribution is 2.22. The average Bonchev–Trinajstić information content (AvgIpc) is 2.61. The van der Waals surface area contributed by atoms with E-state index in [1.165, 1.54) is 4.90 Å². The number of hydrogen-bond acceptors (Lipinski definition) is 3. The van der Waals surface area contributed by atoms with E-state index in [0.29, 0.717) is 0 Å². The second kappa shape index (κ2) is 3.90. The summed E-state index contributed by atoms with van der Waals surface area (Å²) in [6.45, 7) is 0. The Bertz CT molecular complexity index is 488. The summed E-state index contributed by atoms with van der Waals surface area (Å²) in [6.07, 6.45) is 1.99. The Balaban J connectivity index is 2.35. The number of nitrogens with zero attached hydrogens (tertiary/aromatic N) is 1. The summed E-state index contributed by atoms with van der Waals surface area (Å²) in [4.78, 5) is 4.49. The topological polar surface area (TPSA) is 59.5 Å². The van der Waals surface area contributed by atoms with Gasteiger partial charge in [0, 0.05) is 23.5 Å². The summed E-state index contributed by atoms with van der Waals surface area (Å²) < 4.78 is 0. The van der Waals surface area contributed by atoms with Crippen LogP contribution in [0.25, 0.3) is 10.9 Å². The van der Waals surface area contributed by atoms with E-state index in [1.54, 1.807) is 14.1 Å². The van der Waals surface area contributed by atoms with Crippen molar-refractivity contribution < 1.29 is 10.2 Å². The van der Waals surface area contributed by atoms with Gasteiger partial charge in [0.25, 0.3) is 0 Å². The molecule has 0 bridgehead atoms. The first kappa shape index (κ1) is 11.1. The van der Waals surface area contributed by atoms with Gasteiger partial charge in [-0.05, 0) is 25.7 Å². The van der Waals surface area contributed by atoms with Crippen LogP contribution in [0.2, 0.25) is 0 Å². The first-order chi connectivity index (χ1) is 7.50. The normalized spacial score (nSPS) is 12.6. The van der Waals surface area contributed by atoms with Crippen molar-refractivity contribution in [1.82, 2.24) is 9.88 Å². The zero-order chi connectivity index (χ0) is 11.8. The number of para-hydroxylation sites is 1. The number of H-pyrrole nitrogens is 1. The number of aromatic nitrogens is 1. The van der Waals surface area contributed by atoms with Gasteiger partial charge in [-0.15, -0.1) is 0 Å². The fourth-order valence-electron chi connectivity index (χ4n) is 1.69. The van der Waals surface area contributed by atoms with Crippen LogP contribution in [-0.4, -0.2) is 40.1 Å². The molecule has 1 heterocycles. The summed E-state index contributed by atoms with van der Waals surface area (Å²) in [6, 6.07) is 7.81. The molecular formula is C12H16N2O2. The molecule has 1 aromatic heterocycles. The first-order valence-corrected chi connectivity index (χ1v) is 5.18. The molecule has 1 aromatic carbocycles. The molecule has 0 spiro atoms. The molecule has 2 aromatic rings. The molecule has 3 N–H and O–H groups in total. The Kier molecular flexibility index (Phi) is 2.71. The number of hydrogen-bond donors (Lipinski definition) is 3. The number of likely N-dealkylation sites (N-methyl/N-ethyl adjacent to an activating group) is 1. The Labute approximate surface area is 94.1 Å². The summed E-state index contributed by atoms with van der Waals surface area (Å²) in [5.41, 5.74) is 1.90. The van der Waals surface area contributed by atoms with Crippen LogP contribution in [0.15, 0.2) is 30.5 Å². The maximum Gasteiger partial charge on any atom is 0.228 e. The van der Waals surface area contributed by atoms with E-state index in [0.717, 1.165) is 16.5 Å². The molecule has 4 heteroatoms. The van der Waals surface area contributed by atoms with Gasteiger partial charge in [0.1, 0.15) is 0 Å². The highest BCUT2D eigenvalue weighted by molar-refractivity contribution is 5.83. The zero-order valence-electron chi connectivity index (χ0n) is 9.44. The van der Waals surface area contributed by atoms with E-state index in [9.17, 15) is 10.2 Å². The van der Waals surface area contributed by atoms with Crippen molar-refractivity contribution >= 4 is 10.9 Å². The van der Waals surface area contributed by atoms with E-state index in [4.69, 9.17) is 0 Å². The number of benzene rings is 1. The predicted molar refractivity (Wildman–Crippen MR) is 62.9 cm³/mol. The fraction of sp³-hybridized carbons (Fsp3) is 0.333. The maximum absolute atomic E-state index is 9.79. The maximum atomic E-state index is 9.79. The van der Waals surface area contributed by atoms with Gasteiger partial charge in [0.2, 0.25) is 5.91 Å². The van der Waals surface area contributed by atoms with Crippen LogP contribution in [0.1, 0.15) is 5.56 Å². The van der Waals surface area contributed by atoms with Gasteiger partial charge in [-0.25, -0.2) is 0 Å². The first-order valence-electron chi connectivity index (χ1n) is 5.18. The minimum Gasteiger partial charge on any atom is -0.361 e. The van der Waals surface area contributed by atoms with Crippen molar-refractivity contribution in [3.05, 3.63) is 36.0 Å². The van der Waals surface area contributed by atoms with Gasteiger partial charge >= 0.3 is 0 Å². The number of aliphatic hydroxyl groups is 2. The molecule has 0 fully saturated rings. The molecule has 16 heavy (non-hydrogen) atoms. The molecule has 0 aliphatic rings. The lowest BCUT2D eigenvalue weighted by atomic mass is 10.1. The number of fused-ring (bicyclic) bond motifs is 1. The van der Waals surface area contributed by atoms with Crippen molar-refractivity contribution in [3.8, 4) is 0 Å². The SMILES string of the molecule is CN(C)C(O)(O)Cc1c[nH]c2ccccc12. The lowest BCUT2D eigenvalue weighted by molar-refractivity contribution is -0.247. The Morgan fingerprint density at radius 1 is 1.25 bits per heavy atom. The molecule has 86 valence electrons. The van der Waals surface area contributed by atoms with Crippen LogP contribution in [0.5, 0.6) is 0 Å². The number of rotatable bonds is 3. The molecule has 0 unspecified atom stereocenters. The Hall–Kier alpha value is -1.36. The van der Waals surface area contributed by atoms with Crippen molar-refractivity contribution in [2.24, 2.45) is 0 Å². The molecule has 0 aliphatic heterocycles. The summed E-state index contributed by atoms with van der Waals surface area (Å²) in [7, 11) is 3.27. The molecule has 0 amide bonds. The number of aromatic amines is 1. The van der Waals surface area contributed by atoms with Crippen LogP contribution < -0.4 is 0 Å². The van der Waals surface area contributed by atoms with E-state index >= 15 is 0 Å². The van der Waals surface area contributed by atoms with Crippen LogP contribution in [-0.2, 0) is 6.42 Å². The third kappa shape index (κ3) is 1.95. The summed E-state index contributed by atoms with van der Waals surface area (Å²) in [5, 5.41) is 20.6. The van der Waals surface area contributed by atoms with Crippen LogP contribution in [0.3, 0.4) is 0 Å². The Morgan fingerprint density at radius 2 is 1.94 bits per heavy atom. The van der Waals surface area contributed by atoms with Gasteiger partial charge in [0.15, 0.2) is 0 Å². The van der Waals surface area contributed by atoms with E-state index in [2.05, 4.69) is 4.98 Å². The second-order valence-electron chi connectivity index (χ2n) is 4.21. The minimum absolute atomic E-state index is 0.171. The van der Waals surface area contributed by atoms with E-state index in [-0.39, 0.29) is 6.42 Å². The van der Waals surface area contributed by atoms with E-state index in [1.807, 2.05) is 30.5 Å². The van der Waals surface area contributed by atoms with Gasteiger partial charge in [0.05, 0.1) is 0 Å². The minimum atomic E-state index is -1.81. The highest BCUT2D eigenvalue weighted by Gasteiger charge is 2.27.